The summed E-state index contributed by atoms with van der Waals surface area (Å²) in [4.78, 5) is 1.27. The number of likely N-dealkylation sites (N-methyl/N-ethyl adjacent to an activating group) is 1. The summed E-state index contributed by atoms with van der Waals surface area (Å²) in [6, 6.07) is 7.45. The zero-order chi connectivity index (χ0) is 13.8. The molecule has 0 bridgehead atoms. The Morgan fingerprint density at radius 2 is 2.21 bits per heavy atom. The molecule has 0 aliphatic heterocycles. The number of aryl methyl sites for hydroxylation is 1. The third kappa shape index (κ3) is 3.56. The van der Waals surface area contributed by atoms with E-state index in [1.165, 1.54) is 10.4 Å². The lowest BCUT2D eigenvalue weighted by atomic mass is 10.0. The van der Waals surface area contributed by atoms with Crippen molar-refractivity contribution in [1.82, 2.24) is 5.32 Å². The predicted molar refractivity (Wildman–Crippen MR) is 80.6 cm³/mol. The van der Waals surface area contributed by atoms with Crippen molar-refractivity contribution in [2.24, 2.45) is 0 Å². The summed E-state index contributed by atoms with van der Waals surface area (Å²) >= 11 is 7.55. The fraction of sp³-hybridized carbons (Fsp3) is 0.333. The monoisotopic (exact) mass is 297 g/mol. The van der Waals surface area contributed by atoms with Gasteiger partial charge in [0.1, 0.15) is 5.82 Å². The topological polar surface area (TPSA) is 12.0 Å². The van der Waals surface area contributed by atoms with Gasteiger partial charge in [-0.2, -0.15) is 0 Å². The zero-order valence-corrected chi connectivity index (χ0v) is 12.6. The molecular formula is C15H17ClFNS. The SMILES string of the molecule is CCNC(Cc1cccc(Cl)c1F)c1csc(C)c1. The van der Waals surface area contributed by atoms with Crippen molar-refractivity contribution < 1.29 is 4.39 Å². The van der Waals surface area contributed by atoms with Crippen molar-refractivity contribution in [2.45, 2.75) is 26.3 Å². The van der Waals surface area contributed by atoms with Crippen LogP contribution in [0.2, 0.25) is 5.02 Å². The van der Waals surface area contributed by atoms with E-state index in [2.05, 4.69) is 30.6 Å². The normalized spacial score (nSPS) is 12.6. The molecule has 0 aliphatic rings. The molecule has 1 N–H and O–H groups in total. The van der Waals surface area contributed by atoms with Crippen LogP contribution in [-0.4, -0.2) is 6.54 Å². The molecule has 0 fully saturated rings. The van der Waals surface area contributed by atoms with Crippen LogP contribution in [0, 0.1) is 12.7 Å². The lowest BCUT2D eigenvalue weighted by molar-refractivity contribution is 0.529. The van der Waals surface area contributed by atoms with Gasteiger partial charge in [-0.15, -0.1) is 11.3 Å². The maximum absolute atomic E-state index is 14.0. The van der Waals surface area contributed by atoms with Gasteiger partial charge in [0.05, 0.1) is 5.02 Å². The van der Waals surface area contributed by atoms with Gasteiger partial charge in [-0.3, -0.25) is 0 Å². The van der Waals surface area contributed by atoms with Gasteiger partial charge in [0, 0.05) is 10.9 Å². The second kappa shape index (κ2) is 6.51. The van der Waals surface area contributed by atoms with Crippen molar-refractivity contribution >= 4 is 22.9 Å². The summed E-state index contributed by atoms with van der Waals surface area (Å²) in [7, 11) is 0. The number of nitrogens with one attached hydrogen (secondary N) is 1. The number of benzene rings is 1. The Labute approximate surface area is 122 Å². The van der Waals surface area contributed by atoms with Crippen LogP contribution in [0.15, 0.2) is 29.6 Å². The van der Waals surface area contributed by atoms with Gasteiger partial charge in [-0.25, -0.2) is 4.39 Å². The Kier molecular flexibility index (Phi) is 4.97. The zero-order valence-electron chi connectivity index (χ0n) is 11.0. The van der Waals surface area contributed by atoms with Gasteiger partial charge >= 0.3 is 0 Å². The van der Waals surface area contributed by atoms with Crippen molar-refractivity contribution in [3.05, 3.63) is 56.5 Å². The predicted octanol–water partition coefficient (Wildman–Crippen LogP) is 4.74. The lowest BCUT2D eigenvalue weighted by Crippen LogP contribution is -2.22. The molecule has 1 nitrogen and oxygen atoms in total. The highest BCUT2D eigenvalue weighted by Gasteiger charge is 2.15. The van der Waals surface area contributed by atoms with Crippen LogP contribution in [0.4, 0.5) is 4.39 Å². The second-order valence-corrected chi connectivity index (χ2v) is 6.04. The van der Waals surface area contributed by atoms with Crippen molar-refractivity contribution in [1.29, 1.82) is 0 Å². The highest BCUT2D eigenvalue weighted by Crippen LogP contribution is 2.26. The molecule has 102 valence electrons. The molecule has 1 aromatic heterocycles. The maximum atomic E-state index is 14.0. The van der Waals surface area contributed by atoms with E-state index in [9.17, 15) is 4.39 Å². The Balaban J connectivity index is 2.23. The van der Waals surface area contributed by atoms with E-state index in [4.69, 9.17) is 11.6 Å². The minimum atomic E-state index is -0.306. The first kappa shape index (κ1) is 14.5. The first-order valence-corrected chi connectivity index (χ1v) is 7.59. The molecule has 0 saturated heterocycles. The highest BCUT2D eigenvalue weighted by molar-refractivity contribution is 7.10. The molecule has 0 radical (unpaired) electrons. The Morgan fingerprint density at radius 3 is 2.84 bits per heavy atom. The Morgan fingerprint density at radius 1 is 1.42 bits per heavy atom. The van der Waals surface area contributed by atoms with E-state index in [0.29, 0.717) is 12.0 Å². The van der Waals surface area contributed by atoms with Crippen molar-refractivity contribution in [3.8, 4) is 0 Å². The summed E-state index contributed by atoms with van der Waals surface area (Å²) in [6.45, 7) is 4.99. The fourth-order valence-corrected chi connectivity index (χ4v) is 3.08. The molecule has 1 unspecified atom stereocenters. The number of thiophene rings is 1. The molecule has 0 aliphatic carbocycles. The quantitative estimate of drug-likeness (QED) is 0.840. The minimum absolute atomic E-state index is 0.128. The second-order valence-electron chi connectivity index (χ2n) is 4.52. The summed E-state index contributed by atoms with van der Waals surface area (Å²) in [5.74, 6) is -0.306. The minimum Gasteiger partial charge on any atom is -0.310 e. The van der Waals surface area contributed by atoms with E-state index >= 15 is 0 Å². The smallest absolute Gasteiger partial charge is 0.145 e. The average molecular weight is 298 g/mol. The van der Waals surface area contributed by atoms with Gasteiger partial charge in [0.25, 0.3) is 0 Å². The lowest BCUT2D eigenvalue weighted by Gasteiger charge is -2.17. The molecule has 19 heavy (non-hydrogen) atoms. The molecule has 1 aromatic carbocycles. The Hall–Kier alpha value is -0.900. The molecule has 2 rings (SSSR count). The molecule has 0 spiro atoms. The molecule has 1 heterocycles. The van der Waals surface area contributed by atoms with E-state index in [1.807, 2.05) is 0 Å². The van der Waals surface area contributed by atoms with Gasteiger partial charge in [0.2, 0.25) is 0 Å². The molecule has 0 amide bonds. The number of rotatable bonds is 5. The summed E-state index contributed by atoms with van der Waals surface area (Å²) in [5, 5.41) is 5.72. The third-order valence-corrected chi connectivity index (χ3v) is 4.23. The number of hydrogen-bond donors (Lipinski definition) is 1. The van der Waals surface area contributed by atoms with Crippen LogP contribution in [0.25, 0.3) is 0 Å². The largest absolute Gasteiger partial charge is 0.310 e. The average Bonchev–Trinajstić information content (AvgIpc) is 2.81. The molecule has 0 saturated carbocycles. The van der Waals surface area contributed by atoms with E-state index in [-0.39, 0.29) is 16.9 Å². The summed E-state index contributed by atoms with van der Waals surface area (Å²) < 4.78 is 14.0. The summed E-state index contributed by atoms with van der Waals surface area (Å²) in [6.07, 6.45) is 0.608. The van der Waals surface area contributed by atoms with Crippen LogP contribution in [0.1, 0.15) is 29.0 Å². The third-order valence-electron chi connectivity index (χ3n) is 3.06. The van der Waals surface area contributed by atoms with Crippen LogP contribution in [0.5, 0.6) is 0 Å². The standard InChI is InChI=1S/C15H17ClFNS/c1-3-18-14(12-7-10(2)19-9-12)8-11-5-4-6-13(16)15(11)17/h4-7,9,14,18H,3,8H2,1-2H3. The van der Waals surface area contributed by atoms with Crippen molar-refractivity contribution in [3.63, 3.8) is 0 Å². The van der Waals surface area contributed by atoms with Gasteiger partial charge in [-0.05, 0) is 48.5 Å². The van der Waals surface area contributed by atoms with E-state index in [0.717, 1.165) is 6.54 Å². The molecule has 2 aromatic rings. The number of halogens is 2. The van der Waals surface area contributed by atoms with Crippen LogP contribution in [-0.2, 0) is 6.42 Å². The molecule has 4 heteroatoms. The van der Waals surface area contributed by atoms with Gasteiger partial charge in [-0.1, -0.05) is 30.7 Å². The first-order chi connectivity index (χ1) is 9.11. The fourth-order valence-electron chi connectivity index (χ4n) is 2.13. The number of hydrogen-bond acceptors (Lipinski definition) is 2. The van der Waals surface area contributed by atoms with Crippen molar-refractivity contribution in [2.75, 3.05) is 6.54 Å². The van der Waals surface area contributed by atoms with Crippen LogP contribution in [0.3, 0.4) is 0 Å². The summed E-state index contributed by atoms with van der Waals surface area (Å²) in [5.41, 5.74) is 1.87. The van der Waals surface area contributed by atoms with Crippen LogP contribution >= 0.6 is 22.9 Å². The first-order valence-electron chi connectivity index (χ1n) is 6.33. The highest BCUT2D eigenvalue weighted by atomic mass is 35.5. The van der Waals surface area contributed by atoms with Gasteiger partial charge < -0.3 is 5.32 Å². The van der Waals surface area contributed by atoms with E-state index < -0.39 is 0 Å². The van der Waals surface area contributed by atoms with Gasteiger partial charge in [0.15, 0.2) is 0 Å². The Bertz CT molecular complexity index is 553. The van der Waals surface area contributed by atoms with E-state index in [1.54, 1.807) is 29.5 Å². The molecular weight excluding hydrogens is 281 g/mol. The maximum Gasteiger partial charge on any atom is 0.145 e. The molecule has 1 atom stereocenters. The van der Waals surface area contributed by atoms with Crippen LogP contribution < -0.4 is 5.32 Å².